The Morgan fingerprint density at radius 1 is 1.00 bits per heavy atom. The molecule has 3 heteroatoms. The first kappa shape index (κ1) is 12.6. The van der Waals surface area contributed by atoms with Crippen molar-refractivity contribution < 1.29 is 0 Å². The van der Waals surface area contributed by atoms with E-state index in [1.807, 2.05) is 24.3 Å². The Morgan fingerprint density at radius 2 is 1.70 bits per heavy atom. The van der Waals surface area contributed by atoms with Gasteiger partial charge >= 0.3 is 0 Å². The van der Waals surface area contributed by atoms with E-state index in [0.717, 1.165) is 29.5 Å². The van der Waals surface area contributed by atoms with E-state index in [9.17, 15) is 4.79 Å². The Hall–Kier alpha value is -2.42. The van der Waals surface area contributed by atoms with Crippen LogP contribution >= 0.6 is 0 Å². The summed E-state index contributed by atoms with van der Waals surface area (Å²) in [7, 11) is 0. The molecule has 0 aliphatic carbocycles. The summed E-state index contributed by atoms with van der Waals surface area (Å²) in [5, 5.41) is 8.35. The van der Waals surface area contributed by atoms with Crippen LogP contribution in [0.4, 0.5) is 0 Å². The molecule has 3 rings (SSSR count). The summed E-state index contributed by atoms with van der Waals surface area (Å²) in [6.07, 6.45) is 2.22. The number of rotatable bonds is 3. The van der Waals surface area contributed by atoms with Crippen LogP contribution in [0.15, 0.2) is 53.3 Å². The maximum atomic E-state index is 11.8. The van der Waals surface area contributed by atoms with Gasteiger partial charge in [-0.3, -0.25) is 4.79 Å². The number of hydrogen-bond acceptors (Lipinski definition) is 2. The lowest BCUT2D eigenvalue weighted by Crippen LogP contribution is -2.09. The van der Waals surface area contributed by atoms with Gasteiger partial charge in [-0.05, 0) is 18.1 Å². The molecule has 0 amide bonds. The van der Waals surface area contributed by atoms with Crippen LogP contribution < -0.4 is 5.56 Å². The van der Waals surface area contributed by atoms with Gasteiger partial charge in [-0.1, -0.05) is 55.8 Å². The lowest BCUT2D eigenvalue weighted by atomic mass is 10.0. The van der Waals surface area contributed by atoms with Crippen LogP contribution in [-0.2, 0) is 6.42 Å². The lowest BCUT2D eigenvalue weighted by Gasteiger charge is -2.06. The number of nitrogens with one attached hydrogen (secondary N) is 1. The fraction of sp³-hybridized carbons (Fsp3) is 0.176. The fourth-order valence-corrected chi connectivity index (χ4v) is 2.45. The Kier molecular flexibility index (Phi) is 3.33. The Bertz CT molecular complexity index is 788. The molecule has 0 fully saturated rings. The van der Waals surface area contributed by atoms with Crippen molar-refractivity contribution in [1.82, 2.24) is 10.2 Å². The molecule has 1 N–H and O–H groups in total. The zero-order chi connectivity index (χ0) is 13.9. The van der Waals surface area contributed by atoms with Crippen molar-refractivity contribution in [3.05, 3.63) is 64.4 Å². The smallest absolute Gasteiger partial charge is 0.267 e. The van der Waals surface area contributed by atoms with E-state index in [1.165, 1.54) is 5.56 Å². The van der Waals surface area contributed by atoms with Crippen molar-refractivity contribution in [2.45, 2.75) is 19.8 Å². The fourth-order valence-electron chi connectivity index (χ4n) is 2.45. The first-order chi connectivity index (χ1) is 9.79. The third kappa shape index (κ3) is 2.23. The number of benzene rings is 2. The van der Waals surface area contributed by atoms with Crippen molar-refractivity contribution in [3.63, 3.8) is 0 Å². The summed E-state index contributed by atoms with van der Waals surface area (Å²) in [6.45, 7) is 2.17. The maximum Gasteiger partial charge on any atom is 0.272 e. The summed E-state index contributed by atoms with van der Waals surface area (Å²) in [5.74, 6) is 0. The summed E-state index contributed by atoms with van der Waals surface area (Å²) in [6, 6.07) is 15.9. The second-order valence-corrected chi connectivity index (χ2v) is 4.89. The minimum Gasteiger partial charge on any atom is -0.267 e. The highest BCUT2D eigenvalue weighted by molar-refractivity contribution is 5.93. The number of aromatic amines is 1. The van der Waals surface area contributed by atoms with Crippen LogP contribution in [0, 0.1) is 0 Å². The van der Waals surface area contributed by atoms with Gasteiger partial charge in [0.25, 0.3) is 5.56 Å². The molecule has 1 aromatic heterocycles. The van der Waals surface area contributed by atoms with Crippen molar-refractivity contribution in [3.8, 4) is 11.3 Å². The molecule has 100 valence electrons. The maximum absolute atomic E-state index is 11.8. The van der Waals surface area contributed by atoms with Gasteiger partial charge in [-0.2, -0.15) is 5.10 Å². The monoisotopic (exact) mass is 264 g/mol. The number of H-pyrrole nitrogens is 1. The molecule has 3 aromatic rings. The minimum absolute atomic E-state index is 0.146. The molecule has 0 saturated carbocycles. The summed E-state index contributed by atoms with van der Waals surface area (Å²) in [4.78, 5) is 11.8. The molecule has 3 nitrogen and oxygen atoms in total. The predicted octanol–water partition coefficient (Wildman–Crippen LogP) is 3.54. The Labute approximate surface area is 117 Å². The third-order valence-corrected chi connectivity index (χ3v) is 3.46. The molecule has 20 heavy (non-hydrogen) atoms. The van der Waals surface area contributed by atoms with Crippen LogP contribution in [0.1, 0.15) is 18.9 Å². The van der Waals surface area contributed by atoms with Gasteiger partial charge in [0.15, 0.2) is 0 Å². The van der Waals surface area contributed by atoms with E-state index in [0.29, 0.717) is 5.39 Å². The normalized spacial score (nSPS) is 10.8. The van der Waals surface area contributed by atoms with Crippen LogP contribution in [0.25, 0.3) is 22.0 Å². The van der Waals surface area contributed by atoms with E-state index in [-0.39, 0.29) is 5.56 Å². The van der Waals surface area contributed by atoms with E-state index >= 15 is 0 Å². The molecule has 0 unspecified atom stereocenters. The van der Waals surface area contributed by atoms with Crippen LogP contribution in [0.3, 0.4) is 0 Å². The second-order valence-electron chi connectivity index (χ2n) is 4.89. The molecule has 2 aromatic carbocycles. The highest BCUT2D eigenvalue weighted by Crippen LogP contribution is 2.24. The van der Waals surface area contributed by atoms with E-state index in [1.54, 1.807) is 0 Å². The van der Waals surface area contributed by atoms with Crippen molar-refractivity contribution in [2.24, 2.45) is 0 Å². The van der Waals surface area contributed by atoms with E-state index in [2.05, 4.69) is 41.4 Å². The summed E-state index contributed by atoms with van der Waals surface area (Å²) in [5.41, 5.74) is 3.03. The van der Waals surface area contributed by atoms with Crippen LogP contribution in [0.2, 0.25) is 0 Å². The number of fused-ring (bicyclic) bond motifs is 1. The van der Waals surface area contributed by atoms with E-state index < -0.39 is 0 Å². The number of aromatic nitrogens is 2. The first-order valence-electron chi connectivity index (χ1n) is 6.86. The van der Waals surface area contributed by atoms with Crippen LogP contribution in [-0.4, -0.2) is 10.2 Å². The first-order valence-corrected chi connectivity index (χ1v) is 6.86. The topological polar surface area (TPSA) is 45.8 Å². The summed E-state index contributed by atoms with van der Waals surface area (Å²) < 4.78 is 0. The third-order valence-electron chi connectivity index (χ3n) is 3.46. The zero-order valence-electron chi connectivity index (χ0n) is 11.4. The minimum atomic E-state index is -0.146. The lowest BCUT2D eigenvalue weighted by molar-refractivity contribution is 0.922. The molecule has 0 aliphatic heterocycles. The van der Waals surface area contributed by atoms with Crippen molar-refractivity contribution in [1.29, 1.82) is 0 Å². The Balaban J connectivity index is 2.15. The van der Waals surface area contributed by atoms with Crippen molar-refractivity contribution in [2.75, 3.05) is 0 Å². The van der Waals surface area contributed by atoms with Gasteiger partial charge in [0.2, 0.25) is 0 Å². The molecule has 0 spiro atoms. The average molecular weight is 264 g/mol. The van der Waals surface area contributed by atoms with Gasteiger partial charge in [-0.25, -0.2) is 5.10 Å². The largest absolute Gasteiger partial charge is 0.272 e. The van der Waals surface area contributed by atoms with Gasteiger partial charge in [0.1, 0.15) is 0 Å². The van der Waals surface area contributed by atoms with E-state index in [4.69, 9.17) is 0 Å². The Morgan fingerprint density at radius 3 is 2.40 bits per heavy atom. The zero-order valence-corrected chi connectivity index (χ0v) is 11.4. The molecular formula is C17H16N2O. The van der Waals surface area contributed by atoms with Gasteiger partial charge in [0, 0.05) is 10.9 Å². The molecule has 0 aliphatic rings. The SMILES string of the molecule is CCCc1ccc(-c2n[nH]c(=O)c3ccccc23)cc1. The highest BCUT2D eigenvalue weighted by atomic mass is 16.1. The highest BCUT2D eigenvalue weighted by Gasteiger charge is 2.07. The number of aryl methyl sites for hydroxylation is 1. The average Bonchev–Trinajstić information content (AvgIpc) is 2.49. The van der Waals surface area contributed by atoms with Crippen LogP contribution in [0.5, 0.6) is 0 Å². The molecular weight excluding hydrogens is 248 g/mol. The van der Waals surface area contributed by atoms with Gasteiger partial charge in [-0.15, -0.1) is 0 Å². The molecule has 0 saturated heterocycles. The predicted molar refractivity (Wildman–Crippen MR) is 81.8 cm³/mol. The molecule has 1 heterocycles. The standard InChI is InChI=1S/C17H16N2O/c1-2-5-12-8-10-13(11-9-12)16-14-6-3-4-7-15(14)17(20)19-18-16/h3-4,6-11H,2,5H2,1H3,(H,19,20). The van der Waals surface area contributed by atoms with Gasteiger partial charge < -0.3 is 0 Å². The number of nitrogens with zero attached hydrogens (tertiary/aromatic N) is 1. The van der Waals surface area contributed by atoms with Crippen molar-refractivity contribution >= 4 is 10.8 Å². The molecule has 0 atom stereocenters. The number of hydrogen-bond donors (Lipinski definition) is 1. The quantitative estimate of drug-likeness (QED) is 0.786. The van der Waals surface area contributed by atoms with Gasteiger partial charge in [0.05, 0.1) is 11.1 Å². The second kappa shape index (κ2) is 5.29. The molecule has 0 radical (unpaired) electrons. The molecule has 0 bridgehead atoms. The summed E-state index contributed by atoms with van der Waals surface area (Å²) >= 11 is 0.